The molecule has 0 fully saturated rings. The number of fused-ring (bicyclic) bond motifs is 1. The van der Waals surface area contributed by atoms with E-state index in [0.29, 0.717) is 6.54 Å². The molecule has 0 atom stereocenters. The fourth-order valence-corrected chi connectivity index (χ4v) is 2.95. The summed E-state index contributed by atoms with van der Waals surface area (Å²) in [4.78, 5) is 16.0. The molecule has 5 heteroatoms. The van der Waals surface area contributed by atoms with Gasteiger partial charge in [0.05, 0.1) is 6.33 Å². The molecule has 0 bridgehead atoms. The molecule has 0 spiro atoms. The molecule has 1 aromatic heterocycles. The highest BCUT2D eigenvalue weighted by Crippen LogP contribution is 2.27. The highest BCUT2D eigenvalue weighted by atomic mass is 16.2. The molecule has 1 aliphatic carbocycles. The zero-order valence-electron chi connectivity index (χ0n) is 12.7. The summed E-state index contributed by atoms with van der Waals surface area (Å²) < 4.78 is 2.01. The minimum absolute atomic E-state index is 0.121. The molecule has 3 rings (SSSR count). The number of amides is 2. The van der Waals surface area contributed by atoms with Gasteiger partial charge in [0.25, 0.3) is 0 Å². The van der Waals surface area contributed by atoms with E-state index in [9.17, 15) is 4.79 Å². The highest BCUT2D eigenvalue weighted by Gasteiger charge is 2.14. The second-order valence-electron chi connectivity index (χ2n) is 5.69. The molecule has 0 radical (unpaired) electrons. The van der Waals surface area contributed by atoms with Gasteiger partial charge in [-0.2, -0.15) is 0 Å². The highest BCUT2D eigenvalue weighted by molar-refractivity contribution is 5.90. The second kappa shape index (κ2) is 7.11. The van der Waals surface area contributed by atoms with E-state index in [-0.39, 0.29) is 6.03 Å². The Morgan fingerprint density at radius 2 is 2.18 bits per heavy atom. The van der Waals surface area contributed by atoms with Gasteiger partial charge in [-0.1, -0.05) is 12.1 Å². The second-order valence-corrected chi connectivity index (χ2v) is 5.69. The van der Waals surface area contributed by atoms with Gasteiger partial charge in [0.2, 0.25) is 0 Å². The fourth-order valence-electron chi connectivity index (χ4n) is 2.95. The molecular weight excluding hydrogens is 276 g/mol. The Balaban J connectivity index is 1.47. The van der Waals surface area contributed by atoms with Crippen LogP contribution in [0.3, 0.4) is 0 Å². The largest absolute Gasteiger partial charge is 0.338 e. The Hall–Kier alpha value is -2.30. The van der Waals surface area contributed by atoms with Gasteiger partial charge in [-0.15, -0.1) is 0 Å². The number of nitrogens with zero attached hydrogens (tertiary/aromatic N) is 2. The number of benzene rings is 1. The van der Waals surface area contributed by atoms with E-state index in [0.717, 1.165) is 31.5 Å². The van der Waals surface area contributed by atoms with Gasteiger partial charge in [0.1, 0.15) is 0 Å². The molecular formula is C17H22N4O. The van der Waals surface area contributed by atoms with Gasteiger partial charge in [-0.25, -0.2) is 9.78 Å². The third-order valence-corrected chi connectivity index (χ3v) is 4.08. The van der Waals surface area contributed by atoms with Crippen molar-refractivity contribution in [3.8, 4) is 0 Å². The fraction of sp³-hybridized carbons (Fsp3) is 0.412. The maximum absolute atomic E-state index is 12.0. The summed E-state index contributed by atoms with van der Waals surface area (Å²) in [6.07, 6.45) is 11.0. The molecule has 0 saturated heterocycles. The summed E-state index contributed by atoms with van der Waals surface area (Å²) in [7, 11) is 0. The number of rotatable bonds is 5. The number of hydrogen-bond donors (Lipinski definition) is 2. The third kappa shape index (κ3) is 3.67. The number of aryl methyl sites for hydroxylation is 2. The Bertz CT molecular complexity index is 622. The third-order valence-electron chi connectivity index (χ3n) is 4.08. The molecule has 5 nitrogen and oxygen atoms in total. The van der Waals surface area contributed by atoms with Crippen LogP contribution in [0.2, 0.25) is 0 Å². The van der Waals surface area contributed by atoms with Crippen molar-refractivity contribution in [2.24, 2.45) is 0 Å². The Morgan fingerprint density at radius 1 is 1.27 bits per heavy atom. The molecule has 116 valence electrons. The first kappa shape index (κ1) is 14.6. The van der Waals surface area contributed by atoms with Crippen molar-refractivity contribution in [1.29, 1.82) is 0 Å². The van der Waals surface area contributed by atoms with Gasteiger partial charge in [-0.05, 0) is 49.3 Å². The summed E-state index contributed by atoms with van der Waals surface area (Å²) >= 11 is 0. The smallest absolute Gasteiger partial charge is 0.319 e. The van der Waals surface area contributed by atoms with Crippen LogP contribution in [0.25, 0.3) is 0 Å². The van der Waals surface area contributed by atoms with Crippen LogP contribution in [-0.4, -0.2) is 22.1 Å². The van der Waals surface area contributed by atoms with Crippen molar-refractivity contribution in [2.45, 2.75) is 38.6 Å². The maximum Gasteiger partial charge on any atom is 0.319 e. The van der Waals surface area contributed by atoms with Gasteiger partial charge < -0.3 is 15.2 Å². The van der Waals surface area contributed by atoms with Crippen LogP contribution in [-0.2, 0) is 19.4 Å². The summed E-state index contributed by atoms with van der Waals surface area (Å²) in [6, 6.07) is 6.07. The number of aromatic nitrogens is 2. The lowest BCUT2D eigenvalue weighted by Crippen LogP contribution is -2.30. The quantitative estimate of drug-likeness (QED) is 0.834. The number of carbonyl (C=O) groups is 1. The monoisotopic (exact) mass is 298 g/mol. The predicted molar refractivity (Wildman–Crippen MR) is 86.9 cm³/mol. The average Bonchev–Trinajstić information content (AvgIpc) is 3.05. The molecule has 0 unspecified atom stereocenters. The Labute approximate surface area is 130 Å². The van der Waals surface area contributed by atoms with E-state index in [2.05, 4.69) is 21.7 Å². The molecule has 2 N–H and O–H groups in total. The van der Waals surface area contributed by atoms with Crippen molar-refractivity contribution in [1.82, 2.24) is 14.9 Å². The van der Waals surface area contributed by atoms with Crippen LogP contribution in [0, 0.1) is 0 Å². The Kier molecular flexibility index (Phi) is 4.73. The summed E-state index contributed by atoms with van der Waals surface area (Å²) in [5, 5.41) is 5.91. The maximum atomic E-state index is 12.0. The van der Waals surface area contributed by atoms with E-state index in [1.54, 1.807) is 12.5 Å². The van der Waals surface area contributed by atoms with E-state index in [1.165, 1.54) is 24.0 Å². The standard InChI is InChI=1S/C17H22N4O/c22-17(19-9-4-11-21-12-10-18-13-21)20-16-8-3-6-14-5-1-2-7-15(14)16/h3,6,8,10,12-13H,1-2,4-5,7,9,11H2,(H2,19,20,22). The minimum Gasteiger partial charge on any atom is -0.338 e. The normalized spacial score (nSPS) is 13.5. The van der Waals surface area contributed by atoms with Crippen LogP contribution in [0.4, 0.5) is 10.5 Å². The van der Waals surface area contributed by atoms with Crippen molar-refractivity contribution < 1.29 is 4.79 Å². The zero-order valence-corrected chi connectivity index (χ0v) is 12.7. The van der Waals surface area contributed by atoms with Crippen molar-refractivity contribution in [2.75, 3.05) is 11.9 Å². The number of urea groups is 1. The summed E-state index contributed by atoms with van der Waals surface area (Å²) in [6.45, 7) is 1.51. The Morgan fingerprint density at radius 3 is 3.05 bits per heavy atom. The SMILES string of the molecule is O=C(NCCCn1ccnc1)Nc1cccc2c1CCCC2. The molecule has 1 heterocycles. The van der Waals surface area contributed by atoms with Crippen LogP contribution >= 0.6 is 0 Å². The summed E-state index contributed by atoms with van der Waals surface area (Å²) in [5.74, 6) is 0. The van der Waals surface area contributed by atoms with Crippen molar-refractivity contribution in [3.05, 3.63) is 48.0 Å². The number of hydrogen-bond acceptors (Lipinski definition) is 2. The van der Waals surface area contributed by atoms with E-state index in [4.69, 9.17) is 0 Å². The van der Waals surface area contributed by atoms with E-state index < -0.39 is 0 Å². The molecule has 1 aliphatic rings. The lowest BCUT2D eigenvalue weighted by atomic mass is 9.90. The van der Waals surface area contributed by atoms with E-state index in [1.807, 2.05) is 22.9 Å². The lowest BCUT2D eigenvalue weighted by molar-refractivity contribution is 0.252. The number of imidazole rings is 1. The van der Waals surface area contributed by atoms with Crippen LogP contribution < -0.4 is 10.6 Å². The first-order valence-electron chi connectivity index (χ1n) is 7.94. The van der Waals surface area contributed by atoms with Crippen LogP contribution in [0.1, 0.15) is 30.4 Å². The number of carbonyl (C=O) groups excluding carboxylic acids is 1. The molecule has 2 aromatic rings. The first-order valence-corrected chi connectivity index (χ1v) is 7.94. The van der Waals surface area contributed by atoms with Gasteiger partial charge in [-0.3, -0.25) is 0 Å². The molecule has 2 amide bonds. The first-order chi connectivity index (χ1) is 10.8. The lowest BCUT2D eigenvalue weighted by Gasteiger charge is -2.19. The van der Waals surface area contributed by atoms with Crippen LogP contribution in [0.5, 0.6) is 0 Å². The number of nitrogens with one attached hydrogen (secondary N) is 2. The van der Waals surface area contributed by atoms with Crippen molar-refractivity contribution in [3.63, 3.8) is 0 Å². The van der Waals surface area contributed by atoms with Crippen LogP contribution in [0.15, 0.2) is 36.9 Å². The molecule has 0 saturated carbocycles. The minimum atomic E-state index is -0.121. The molecule has 1 aromatic carbocycles. The predicted octanol–water partition coefficient (Wildman–Crippen LogP) is 2.97. The van der Waals surface area contributed by atoms with Gasteiger partial charge in [0, 0.05) is 31.2 Å². The zero-order chi connectivity index (χ0) is 15.2. The van der Waals surface area contributed by atoms with Gasteiger partial charge >= 0.3 is 6.03 Å². The van der Waals surface area contributed by atoms with Gasteiger partial charge in [0.15, 0.2) is 0 Å². The van der Waals surface area contributed by atoms with E-state index >= 15 is 0 Å². The average molecular weight is 298 g/mol. The summed E-state index contributed by atoms with van der Waals surface area (Å²) in [5.41, 5.74) is 3.65. The topological polar surface area (TPSA) is 59.0 Å². The van der Waals surface area contributed by atoms with Crippen molar-refractivity contribution >= 4 is 11.7 Å². The molecule has 0 aliphatic heterocycles. The number of anilines is 1. The molecule has 22 heavy (non-hydrogen) atoms.